The van der Waals surface area contributed by atoms with Crippen molar-refractivity contribution in [2.24, 2.45) is 11.7 Å². The molecule has 1 heterocycles. The number of carbonyl (C=O) groups is 2. The van der Waals surface area contributed by atoms with Gasteiger partial charge in [-0.1, -0.05) is 36.4 Å². The lowest BCUT2D eigenvalue weighted by atomic mass is 9.93. The molecule has 0 radical (unpaired) electrons. The van der Waals surface area contributed by atoms with Gasteiger partial charge in [-0.25, -0.2) is 0 Å². The molecule has 1 atom stereocenters. The molecule has 1 aliphatic heterocycles. The van der Waals surface area contributed by atoms with E-state index in [-0.39, 0.29) is 23.8 Å². The molecule has 1 saturated heterocycles. The molecule has 148 valence electrons. The van der Waals surface area contributed by atoms with E-state index in [1.54, 1.807) is 7.11 Å². The van der Waals surface area contributed by atoms with Gasteiger partial charge in [0.25, 0.3) is 5.91 Å². The second kappa shape index (κ2) is 8.89. The van der Waals surface area contributed by atoms with Crippen molar-refractivity contribution in [3.63, 3.8) is 0 Å². The molecule has 4 N–H and O–H groups in total. The Labute approximate surface area is 165 Å². The predicted octanol–water partition coefficient (Wildman–Crippen LogP) is 1.46. The Morgan fingerprint density at radius 1 is 1.14 bits per heavy atom. The quantitative estimate of drug-likeness (QED) is 0.707. The molecule has 0 aromatic heterocycles. The summed E-state index contributed by atoms with van der Waals surface area (Å²) in [4.78, 5) is 26.0. The van der Waals surface area contributed by atoms with Crippen LogP contribution in [0.4, 0.5) is 5.69 Å². The number of benzene rings is 2. The van der Waals surface area contributed by atoms with E-state index in [1.165, 1.54) is 0 Å². The average Bonchev–Trinajstić information content (AvgIpc) is 2.69. The number of rotatable bonds is 6. The number of quaternary nitrogens is 1. The molecule has 28 heavy (non-hydrogen) atoms. The van der Waals surface area contributed by atoms with Gasteiger partial charge in [0.1, 0.15) is 5.75 Å². The first-order valence-electron chi connectivity index (χ1n) is 9.64. The molecule has 0 spiro atoms. The van der Waals surface area contributed by atoms with E-state index in [4.69, 9.17) is 10.5 Å². The zero-order valence-corrected chi connectivity index (χ0v) is 16.4. The number of nitrogens with one attached hydrogen (secondary N) is 2. The van der Waals surface area contributed by atoms with Gasteiger partial charge in [-0.3, -0.25) is 9.59 Å². The molecule has 2 aromatic rings. The van der Waals surface area contributed by atoms with Crippen LogP contribution in [0.1, 0.15) is 30.0 Å². The third-order valence-electron chi connectivity index (χ3n) is 5.45. The van der Waals surface area contributed by atoms with Crippen LogP contribution in [0.25, 0.3) is 0 Å². The molecule has 1 aliphatic rings. The predicted molar refractivity (Wildman–Crippen MR) is 108 cm³/mol. The highest BCUT2D eigenvalue weighted by Crippen LogP contribution is 2.26. The molecule has 2 amide bonds. The van der Waals surface area contributed by atoms with Crippen molar-refractivity contribution in [3.8, 4) is 5.75 Å². The largest absolute Gasteiger partial charge is 0.495 e. The second-order valence-corrected chi connectivity index (χ2v) is 7.37. The number of carbonyl (C=O) groups excluding carboxylic acids is 2. The maximum Gasteiger partial charge on any atom is 0.287 e. The van der Waals surface area contributed by atoms with Gasteiger partial charge in [0.15, 0.2) is 6.04 Å². The third kappa shape index (κ3) is 4.51. The number of anilines is 1. The molecular formula is C22H28N3O3+. The Morgan fingerprint density at radius 2 is 1.82 bits per heavy atom. The maximum absolute atomic E-state index is 13.3. The number of likely N-dealkylation sites (tertiary alicyclic amines) is 1. The highest BCUT2D eigenvalue weighted by atomic mass is 16.5. The molecule has 1 fully saturated rings. The summed E-state index contributed by atoms with van der Waals surface area (Å²) in [5.74, 6) is 0.209. The molecule has 3 rings (SSSR count). The summed E-state index contributed by atoms with van der Waals surface area (Å²) < 4.78 is 5.40. The second-order valence-electron chi connectivity index (χ2n) is 7.37. The van der Waals surface area contributed by atoms with Gasteiger partial charge in [-0.15, -0.1) is 0 Å². The summed E-state index contributed by atoms with van der Waals surface area (Å²) in [5, 5.41) is 3.06. The van der Waals surface area contributed by atoms with E-state index in [2.05, 4.69) is 5.32 Å². The van der Waals surface area contributed by atoms with Crippen molar-refractivity contribution in [1.29, 1.82) is 0 Å². The van der Waals surface area contributed by atoms with Crippen LogP contribution in [0.3, 0.4) is 0 Å². The van der Waals surface area contributed by atoms with Crippen molar-refractivity contribution in [2.45, 2.75) is 25.8 Å². The highest BCUT2D eigenvalue weighted by Gasteiger charge is 2.36. The van der Waals surface area contributed by atoms with Crippen LogP contribution in [0.2, 0.25) is 0 Å². The Bertz CT molecular complexity index is 830. The minimum absolute atomic E-state index is 0.0809. The molecule has 0 unspecified atom stereocenters. The molecule has 6 nitrogen and oxygen atoms in total. The van der Waals surface area contributed by atoms with Gasteiger partial charge in [0, 0.05) is 24.3 Å². The summed E-state index contributed by atoms with van der Waals surface area (Å²) in [6.07, 6.45) is 1.41. The van der Waals surface area contributed by atoms with E-state index in [0.29, 0.717) is 24.3 Å². The summed E-state index contributed by atoms with van der Waals surface area (Å²) in [5.41, 5.74) is 8.13. The van der Waals surface area contributed by atoms with Crippen molar-refractivity contribution in [3.05, 3.63) is 59.7 Å². The van der Waals surface area contributed by atoms with Gasteiger partial charge in [0.2, 0.25) is 5.91 Å². The van der Waals surface area contributed by atoms with Crippen LogP contribution in [0.5, 0.6) is 5.75 Å². The van der Waals surface area contributed by atoms with Crippen LogP contribution in [-0.2, 0) is 9.59 Å². The van der Waals surface area contributed by atoms with Crippen molar-refractivity contribution < 1.29 is 19.2 Å². The monoisotopic (exact) mass is 382 g/mol. The molecular weight excluding hydrogens is 354 g/mol. The van der Waals surface area contributed by atoms with E-state index in [1.807, 2.05) is 55.5 Å². The lowest BCUT2D eigenvalue weighted by Gasteiger charge is -2.33. The first kappa shape index (κ1) is 19.9. The Hall–Kier alpha value is -2.86. The van der Waals surface area contributed by atoms with Crippen LogP contribution in [0, 0.1) is 12.8 Å². The average molecular weight is 382 g/mol. The number of piperidine rings is 1. The van der Waals surface area contributed by atoms with Gasteiger partial charge < -0.3 is 20.7 Å². The lowest BCUT2D eigenvalue weighted by molar-refractivity contribution is -0.927. The SMILES string of the molecule is COc1ccc(C)cc1NC(=O)[C@@H](c1ccccc1)[NH+]1CCC(C(N)=O)CC1. The van der Waals surface area contributed by atoms with Crippen molar-refractivity contribution in [2.75, 3.05) is 25.5 Å². The number of methoxy groups -OCH3 is 1. The van der Waals surface area contributed by atoms with Crippen LogP contribution in [0.15, 0.2) is 48.5 Å². The fourth-order valence-electron chi connectivity index (χ4n) is 3.90. The minimum Gasteiger partial charge on any atom is -0.495 e. The number of primary amides is 1. The number of nitrogens with two attached hydrogens (primary N) is 1. The molecule has 0 bridgehead atoms. The minimum atomic E-state index is -0.361. The van der Waals surface area contributed by atoms with Gasteiger partial charge in [-0.05, 0) is 24.6 Å². The zero-order chi connectivity index (χ0) is 20.1. The van der Waals surface area contributed by atoms with Crippen LogP contribution in [-0.4, -0.2) is 32.0 Å². The summed E-state index contributed by atoms with van der Waals surface area (Å²) >= 11 is 0. The van der Waals surface area contributed by atoms with Gasteiger partial charge in [0.05, 0.1) is 25.9 Å². The molecule has 6 heteroatoms. The fraction of sp³-hybridized carbons (Fsp3) is 0.364. The number of ether oxygens (including phenoxy) is 1. The van der Waals surface area contributed by atoms with E-state index in [9.17, 15) is 9.59 Å². The van der Waals surface area contributed by atoms with E-state index >= 15 is 0 Å². The molecule has 2 aromatic carbocycles. The summed E-state index contributed by atoms with van der Waals surface area (Å²) in [6, 6.07) is 15.1. The first-order chi connectivity index (χ1) is 13.5. The Kier molecular flexibility index (Phi) is 6.31. The number of hydrogen-bond acceptors (Lipinski definition) is 3. The Balaban J connectivity index is 1.85. The lowest BCUT2D eigenvalue weighted by Crippen LogP contribution is -3.14. The van der Waals surface area contributed by atoms with E-state index < -0.39 is 0 Å². The van der Waals surface area contributed by atoms with Gasteiger partial charge >= 0.3 is 0 Å². The fourth-order valence-corrected chi connectivity index (χ4v) is 3.90. The highest BCUT2D eigenvalue weighted by molar-refractivity contribution is 5.96. The summed E-state index contributed by atoms with van der Waals surface area (Å²) in [6.45, 7) is 3.43. The van der Waals surface area contributed by atoms with Crippen molar-refractivity contribution >= 4 is 17.5 Å². The summed E-state index contributed by atoms with van der Waals surface area (Å²) in [7, 11) is 1.59. The first-order valence-corrected chi connectivity index (χ1v) is 9.64. The van der Waals surface area contributed by atoms with E-state index in [0.717, 1.165) is 29.1 Å². The molecule has 0 saturated carbocycles. The molecule has 0 aliphatic carbocycles. The third-order valence-corrected chi connectivity index (χ3v) is 5.45. The van der Waals surface area contributed by atoms with Crippen LogP contribution < -0.4 is 20.7 Å². The standard InChI is InChI=1S/C22H27N3O3/c1-15-8-9-19(28-2)18(14-15)24-22(27)20(16-6-4-3-5-7-16)25-12-10-17(11-13-25)21(23)26/h3-9,14,17,20H,10-13H2,1-2H3,(H2,23,26)(H,24,27)/p+1/t20-/m1/s1. The van der Waals surface area contributed by atoms with Crippen LogP contribution >= 0.6 is 0 Å². The smallest absolute Gasteiger partial charge is 0.287 e. The maximum atomic E-state index is 13.3. The number of aryl methyl sites for hydroxylation is 1. The zero-order valence-electron chi connectivity index (χ0n) is 16.4. The van der Waals surface area contributed by atoms with Gasteiger partial charge in [-0.2, -0.15) is 0 Å². The number of amides is 2. The topological polar surface area (TPSA) is 85.9 Å². The Morgan fingerprint density at radius 3 is 2.43 bits per heavy atom. The normalized spacial score (nSPS) is 20.2. The van der Waals surface area contributed by atoms with Crippen molar-refractivity contribution in [1.82, 2.24) is 0 Å². The number of hydrogen-bond donors (Lipinski definition) is 3.